The number of nitrogens with one attached hydrogen (secondary N) is 1. The van der Waals surface area contributed by atoms with Crippen molar-refractivity contribution in [1.29, 1.82) is 0 Å². The molecule has 0 aromatic heterocycles. The highest BCUT2D eigenvalue weighted by Gasteiger charge is 2.27. The van der Waals surface area contributed by atoms with Gasteiger partial charge in [-0.3, -0.25) is 4.79 Å². The molecule has 2 N–H and O–H groups in total. The maximum absolute atomic E-state index is 12.0. The molecule has 1 amide bonds. The van der Waals surface area contributed by atoms with Crippen molar-refractivity contribution in [1.82, 2.24) is 5.32 Å². The highest BCUT2D eigenvalue weighted by Crippen LogP contribution is 2.26. The second-order valence-corrected chi connectivity index (χ2v) is 6.97. The van der Waals surface area contributed by atoms with E-state index in [1.165, 1.54) is 0 Å². The average Bonchev–Trinajstić information content (AvgIpc) is 3.34. The maximum Gasteiger partial charge on any atom is 0.343 e. The molecule has 0 radical (unpaired) electrons. The van der Waals surface area contributed by atoms with E-state index in [1.54, 1.807) is 44.2 Å². The summed E-state index contributed by atoms with van der Waals surface area (Å²) in [6, 6.07) is 6.98. The Bertz CT molecular complexity index is 879. The van der Waals surface area contributed by atoms with Gasteiger partial charge in [-0.1, -0.05) is 12.1 Å². The number of hydrogen-bond donors (Lipinski definition) is 2. The molecule has 2 heterocycles. The van der Waals surface area contributed by atoms with Crippen molar-refractivity contribution in [3.63, 3.8) is 0 Å². The minimum atomic E-state index is -0.596. The van der Waals surface area contributed by atoms with Gasteiger partial charge >= 0.3 is 5.97 Å². The first kappa shape index (κ1) is 21.6. The van der Waals surface area contributed by atoms with E-state index >= 15 is 0 Å². The number of ether oxygens (including phenoxy) is 3. The van der Waals surface area contributed by atoms with E-state index in [1.807, 2.05) is 0 Å². The SMILES string of the molecule is CCOC(=O)C1=C(O)/C(=C/c2ccc(OCC(=O)NC[C@H]3CCCO3)cc2)N=C1C. The fraction of sp³-hybridized carbons (Fsp3) is 0.409. The number of rotatable bonds is 8. The van der Waals surface area contributed by atoms with Gasteiger partial charge in [0.25, 0.3) is 5.91 Å². The predicted molar refractivity (Wildman–Crippen MR) is 111 cm³/mol. The van der Waals surface area contributed by atoms with Gasteiger partial charge in [0.2, 0.25) is 0 Å². The van der Waals surface area contributed by atoms with Crippen molar-refractivity contribution >= 4 is 23.7 Å². The molecule has 1 saturated heterocycles. The van der Waals surface area contributed by atoms with E-state index < -0.39 is 5.97 Å². The van der Waals surface area contributed by atoms with Crippen LogP contribution in [-0.4, -0.2) is 55.2 Å². The third-order valence-corrected chi connectivity index (χ3v) is 4.71. The standard InChI is InChI=1S/C22H26N2O6/c1-3-28-22(27)20-14(2)24-18(21(20)26)11-15-6-8-16(9-7-15)30-13-19(25)23-12-17-5-4-10-29-17/h6-9,11,17,26H,3-5,10,12-13H2,1-2H3,(H,23,25)/b18-11-/t17-/m1/s1. The number of aliphatic hydroxyl groups excluding tert-OH is 1. The van der Waals surface area contributed by atoms with Crippen LogP contribution in [0.3, 0.4) is 0 Å². The van der Waals surface area contributed by atoms with Gasteiger partial charge in [-0.05, 0) is 50.5 Å². The molecule has 2 aliphatic rings. The van der Waals surface area contributed by atoms with Crippen LogP contribution in [0.5, 0.6) is 5.75 Å². The summed E-state index contributed by atoms with van der Waals surface area (Å²) < 4.78 is 15.9. The van der Waals surface area contributed by atoms with E-state index in [9.17, 15) is 14.7 Å². The smallest absolute Gasteiger partial charge is 0.343 e. The van der Waals surface area contributed by atoms with Gasteiger partial charge in [0, 0.05) is 13.2 Å². The van der Waals surface area contributed by atoms with E-state index in [0.717, 1.165) is 25.0 Å². The highest BCUT2D eigenvalue weighted by molar-refractivity contribution is 6.22. The molecule has 0 spiro atoms. The quantitative estimate of drug-likeness (QED) is 0.633. The Morgan fingerprint density at radius 2 is 2.10 bits per heavy atom. The van der Waals surface area contributed by atoms with Crippen LogP contribution >= 0.6 is 0 Å². The van der Waals surface area contributed by atoms with Crippen molar-refractivity contribution in [2.45, 2.75) is 32.8 Å². The fourth-order valence-corrected chi connectivity index (χ4v) is 3.19. The van der Waals surface area contributed by atoms with Gasteiger partial charge in [0.1, 0.15) is 17.0 Å². The van der Waals surface area contributed by atoms with Crippen molar-refractivity contribution < 1.29 is 28.9 Å². The molecule has 0 saturated carbocycles. The molecule has 2 aliphatic heterocycles. The molecule has 1 atom stereocenters. The third kappa shape index (κ3) is 5.48. The molecule has 160 valence electrons. The molecular weight excluding hydrogens is 388 g/mol. The Morgan fingerprint density at radius 3 is 2.77 bits per heavy atom. The van der Waals surface area contributed by atoms with Gasteiger partial charge in [-0.25, -0.2) is 9.79 Å². The van der Waals surface area contributed by atoms with Crippen molar-refractivity contribution in [3.8, 4) is 5.75 Å². The zero-order chi connectivity index (χ0) is 21.5. The topological polar surface area (TPSA) is 106 Å². The van der Waals surface area contributed by atoms with Crippen LogP contribution in [0.15, 0.2) is 46.3 Å². The second kappa shape index (κ2) is 10.1. The minimum absolute atomic E-state index is 0.0803. The summed E-state index contributed by atoms with van der Waals surface area (Å²) in [4.78, 5) is 28.1. The van der Waals surface area contributed by atoms with Crippen molar-refractivity contribution in [3.05, 3.63) is 46.9 Å². The lowest BCUT2D eigenvalue weighted by Gasteiger charge is -2.11. The van der Waals surface area contributed by atoms with Crippen LogP contribution < -0.4 is 10.1 Å². The van der Waals surface area contributed by atoms with Crippen LogP contribution in [0, 0.1) is 0 Å². The first-order valence-corrected chi connectivity index (χ1v) is 9.97. The summed E-state index contributed by atoms with van der Waals surface area (Å²) in [6.07, 6.45) is 3.75. The lowest BCUT2D eigenvalue weighted by Crippen LogP contribution is -2.35. The van der Waals surface area contributed by atoms with Crippen LogP contribution in [0.2, 0.25) is 0 Å². The van der Waals surface area contributed by atoms with Gasteiger partial charge < -0.3 is 24.6 Å². The van der Waals surface area contributed by atoms with E-state index in [0.29, 0.717) is 18.0 Å². The minimum Gasteiger partial charge on any atom is -0.505 e. The molecule has 1 fully saturated rings. The Kier molecular flexibility index (Phi) is 7.24. The second-order valence-electron chi connectivity index (χ2n) is 6.97. The van der Waals surface area contributed by atoms with Gasteiger partial charge in [-0.15, -0.1) is 0 Å². The number of benzene rings is 1. The molecule has 8 nitrogen and oxygen atoms in total. The molecule has 8 heteroatoms. The number of carbonyl (C=O) groups is 2. The Morgan fingerprint density at radius 1 is 1.33 bits per heavy atom. The van der Waals surface area contributed by atoms with Crippen molar-refractivity contribution in [2.24, 2.45) is 4.99 Å². The number of aliphatic imine (C=N–C) groups is 1. The first-order valence-electron chi connectivity index (χ1n) is 9.97. The summed E-state index contributed by atoms with van der Waals surface area (Å²) in [5.41, 5.74) is 1.54. The fourth-order valence-electron chi connectivity index (χ4n) is 3.19. The van der Waals surface area contributed by atoms with Crippen LogP contribution in [0.4, 0.5) is 0 Å². The lowest BCUT2D eigenvalue weighted by molar-refractivity contribution is -0.138. The number of esters is 1. The normalized spacial score (nSPS) is 19.7. The Labute approximate surface area is 175 Å². The Hall–Kier alpha value is -3.13. The van der Waals surface area contributed by atoms with Crippen molar-refractivity contribution in [2.75, 3.05) is 26.4 Å². The van der Waals surface area contributed by atoms with Gasteiger partial charge in [0.05, 0.1) is 18.4 Å². The summed E-state index contributed by atoms with van der Waals surface area (Å²) >= 11 is 0. The Balaban J connectivity index is 1.55. The zero-order valence-corrected chi connectivity index (χ0v) is 17.1. The van der Waals surface area contributed by atoms with Crippen LogP contribution in [-0.2, 0) is 19.1 Å². The van der Waals surface area contributed by atoms with Gasteiger partial charge in [0.15, 0.2) is 12.4 Å². The number of nitrogens with zero attached hydrogens (tertiary/aromatic N) is 1. The van der Waals surface area contributed by atoms with E-state index in [-0.39, 0.29) is 42.3 Å². The first-order chi connectivity index (χ1) is 14.5. The molecule has 0 bridgehead atoms. The largest absolute Gasteiger partial charge is 0.505 e. The molecular formula is C22H26N2O6. The van der Waals surface area contributed by atoms with Crippen LogP contribution in [0.25, 0.3) is 6.08 Å². The molecule has 1 aromatic carbocycles. The number of carbonyl (C=O) groups excluding carboxylic acids is 2. The lowest BCUT2D eigenvalue weighted by atomic mass is 10.1. The number of aliphatic hydroxyl groups is 1. The van der Waals surface area contributed by atoms with E-state index in [4.69, 9.17) is 14.2 Å². The summed E-state index contributed by atoms with van der Waals surface area (Å²) in [6.45, 7) is 4.73. The summed E-state index contributed by atoms with van der Waals surface area (Å²) in [7, 11) is 0. The average molecular weight is 414 g/mol. The van der Waals surface area contributed by atoms with Crippen LogP contribution in [0.1, 0.15) is 32.3 Å². The summed E-state index contributed by atoms with van der Waals surface area (Å²) in [5, 5.41) is 13.1. The van der Waals surface area contributed by atoms with Gasteiger partial charge in [-0.2, -0.15) is 0 Å². The molecule has 30 heavy (non-hydrogen) atoms. The highest BCUT2D eigenvalue weighted by atomic mass is 16.5. The predicted octanol–water partition coefficient (Wildman–Crippen LogP) is 2.55. The molecule has 1 aromatic rings. The summed E-state index contributed by atoms with van der Waals surface area (Å²) in [5.74, 6) is -0.452. The zero-order valence-electron chi connectivity index (χ0n) is 17.1. The molecule has 3 rings (SSSR count). The van der Waals surface area contributed by atoms with E-state index in [2.05, 4.69) is 10.3 Å². The number of hydrogen-bond acceptors (Lipinski definition) is 7. The molecule has 0 aliphatic carbocycles. The molecule has 0 unspecified atom stereocenters. The monoisotopic (exact) mass is 414 g/mol. The number of amides is 1. The maximum atomic E-state index is 12.0. The third-order valence-electron chi connectivity index (χ3n) is 4.71.